The van der Waals surface area contributed by atoms with Crippen molar-refractivity contribution in [2.24, 2.45) is 0 Å². The van der Waals surface area contributed by atoms with Crippen molar-refractivity contribution in [2.45, 2.75) is 40.2 Å². The third-order valence-electron chi connectivity index (χ3n) is 3.52. The molecule has 2 aromatic rings. The SMILES string of the molecule is Cc1nc(C)n(Cc2ccc(C(C)C)cc2)c1C(=O)O. The van der Waals surface area contributed by atoms with Gasteiger partial charge in [-0.25, -0.2) is 9.78 Å². The fourth-order valence-corrected chi connectivity index (χ4v) is 2.37. The highest BCUT2D eigenvalue weighted by Crippen LogP contribution is 2.17. The van der Waals surface area contributed by atoms with Gasteiger partial charge in [-0.1, -0.05) is 38.1 Å². The summed E-state index contributed by atoms with van der Waals surface area (Å²) in [6.45, 7) is 8.41. The van der Waals surface area contributed by atoms with E-state index in [0.717, 1.165) is 11.4 Å². The summed E-state index contributed by atoms with van der Waals surface area (Å²) in [5.74, 6) is 0.297. The van der Waals surface area contributed by atoms with Gasteiger partial charge in [-0.2, -0.15) is 0 Å². The van der Waals surface area contributed by atoms with Crippen molar-refractivity contribution in [1.82, 2.24) is 9.55 Å². The minimum Gasteiger partial charge on any atom is -0.477 e. The van der Waals surface area contributed by atoms with Gasteiger partial charge in [0.25, 0.3) is 0 Å². The van der Waals surface area contributed by atoms with E-state index in [1.54, 1.807) is 11.5 Å². The summed E-state index contributed by atoms with van der Waals surface area (Å²) >= 11 is 0. The Morgan fingerprint density at radius 3 is 2.35 bits per heavy atom. The first-order valence-corrected chi connectivity index (χ1v) is 6.76. The lowest BCUT2D eigenvalue weighted by atomic mass is 10.0. The van der Waals surface area contributed by atoms with E-state index >= 15 is 0 Å². The molecule has 0 fully saturated rings. The van der Waals surface area contributed by atoms with E-state index in [1.807, 2.05) is 6.92 Å². The molecule has 0 saturated carbocycles. The highest BCUT2D eigenvalue weighted by Gasteiger charge is 2.17. The van der Waals surface area contributed by atoms with E-state index in [4.69, 9.17) is 0 Å². The van der Waals surface area contributed by atoms with Crippen LogP contribution in [0.5, 0.6) is 0 Å². The fraction of sp³-hybridized carbons (Fsp3) is 0.375. The zero-order chi connectivity index (χ0) is 14.9. The molecule has 0 aliphatic heterocycles. The molecule has 0 amide bonds. The van der Waals surface area contributed by atoms with E-state index in [2.05, 4.69) is 43.1 Å². The average Bonchev–Trinajstić information content (AvgIpc) is 2.64. The van der Waals surface area contributed by atoms with Crippen molar-refractivity contribution >= 4 is 5.97 Å². The molecule has 1 N–H and O–H groups in total. The maximum Gasteiger partial charge on any atom is 0.354 e. The van der Waals surface area contributed by atoms with Crippen molar-refractivity contribution in [3.63, 3.8) is 0 Å². The molecule has 0 unspecified atom stereocenters. The van der Waals surface area contributed by atoms with Crippen molar-refractivity contribution in [1.29, 1.82) is 0 Å². The third-order valence-corrected chi connectivity index (χ3v) is 3.52. The standard InChI is InChI=1S/C16H20N2O2/c1-10(2)14-7-5-13(6-8-14)9-18-12(4)17-11(3)15(18)16(19)20/h5-8,10H,9H2,1-4H3,(H,19,20). The second-order valence-corrected chi connectivity index (χ2v) is 5.38. The van der Waals surface area contributed by atoms with Crippen molar-refractivity contribution in [3.05, 3.63) is 52.6 Å². The molecule has 0 spiro atoms. The number of rotatable bonds is 4. The first-order valence-electron chi connectivity index (χ1n) is 6.76. The van der Waals surface area contributed by atoms with Crippen LogP contribution < -0.4 is 0 Å². The van der Waals surface area contributed by atoms with Crippen LogP contribution in [-0.2, 0) is 6.54 Å². The number of aryl methyl sites for hydroxylation is 2. The maximum absolute atomic E-state index is 11.3. The maximum atomic E-state index is 11.3. The summed E-state index contributed by atoms with van der Waals surface area (Å²) < 4.78 is 1.75. The number of imidazole rings is 1. The van der Waals surface area contributed by atoms with Gasteiger partial charge in [-0.05, 0) is 30.9 Å². The first kappa shape index (κ1) is 14.3. The second kappa shape index (κ2) is 5.49. The van der Waals surface area contributed by atoms with E-state index in [1.165, 1.54) is 5.56 Å². The summed E-state index contributed by atoms with van der Waals surface area (Å²) in [5.41, 5.74) is 3.20. The Labute approximate surface area is 119 Å². The predicted octanol–water partition coefficient (Wildman–Crippen LogP) is 3.37. The quantitative estimate of drug-likeness (QED) is 0.928. The molecule has 1 aromatic carbocycles. The molecule has 1 aromatic heterocycles. The number of carboxylic acids is 1. The molecule has 0 atom stereocenters. The van der Waals surface area contributed by atoms with Crippen LogP contribution in [0.4, 0.5) is 0 Å². The van der Waals surface area contributed by atoms with Crippen molar-refractivity contribution in [3.8, 4) is 0 Å². The number of benzene rings is 1. The zero-order valence-electron chi connectivity index (χ0n) is 12.3. The molecular formula is C16H20N2O2. The number of carbonyl (C=O) groups is 1. The molecule has 4 heteroatoms. The molecule has 106 valence electrons. The van der Waals surface area contributed by atoms with Gasteiger partial charge in [0.15, 0.2) is 5.69 Å². The molecule has 0 radical (unpaired) electrons. The Hall–Kier alpha value is -2.10. The van der Waals surface area contributed by atoms with Crippen LogP contribution >= 0.6 is 0 Å². The monoisotopic (exact) mass is 272 g/mol. The molecule has 20 heavy (non-hydrogen) atoms. The number of nitrogens with zero attached hydrogens (tertiary/aromatic N) is 2. The summed E-state index contributed by atoms with van der Waals surface area (Å²) in [6, 6.07) is 8.30. The van der Waals surface area contributed by atoms with Crippen molar-refractivity contribution < 1.29 is 9.90 Å². The number of aromatic nitrogens is 2. The van der Waals surface area contributed by atoms with Gasteiger partial charge in [0.05, 0.1) is 5.69 Å². The van der Waals surface area contributed by atoms with Gasteiger partial charge >= 0.3 is 5.97 Å². The number of hydrogen-bond acceptors (Lipinski definition) is 2. The lowest BCUT2D eigenvalue weighted by molar-refractivity contribution is 0.0684. The molecule has 0 bridgehead atoms. The molecular weight excluding hydrogens is 252 g/mol. The smallest absolute Gasteiger partial charge is 0.354 e. The summed E-state index contributed by atoms with van der Waals surface area (Å²) in [4.78, 5) is 15.6. The Morgan fingerprint density at radius 1 is 1.25 bits per heavy atom. The van der Waals surface area contributed by atoms with E-state index < -0.39 is 5.97 Å². The Bertz CT molecular complexity index is 625. The molecule has 0 saturated heterocycles. The number of aromatic carboxylic acids is 1. The van der Waals surface area contributed by atoms with Crippen LogP contribution in [0.2, 0.25) is 0 Å². The Kier molecular flexibility index (Phi) is 3.93. The van der Waals surface area contributed by atoms with E-state index in [9.17, 15) is 9.90 Å². The van der Waals surface area contributed by atoms with Gasteiger partial charge in [-0.15, -0.1) is 0 Å². The third kappa shape index (κ3) is 2.74. The largest absolute Gasteiger partial charge is 0.477 e. The van der Waals surface area contributed by atoms with Gasteiger partial charge in [0.2, 0.25) is 0 Å². The Balaban J connectivity index is 2.32. The highest BCUT2D eigenvalue weighted by atomic mass is 16.4. The number of hydrogen-bond donors (Lipinski definition) is 1. The summed E-state index contributed by atoms with van der Waals surface area (Å²) in [7, 11) is 0. The molecule has 1 heterocycles. The Morgan fingerprint density at radius 2 is 1.85 bits per heavy atom. The molecule has 2 rings (SSSR count). The van der Waals surface area contributed by atoms with E-state index in [0.29, 0.717) is 18.2 Å². The lowest BCUT2D eigenvalue weighted by Gasteiger charge is -2.10. The predicted molar refractivity (Wildman–Crippen MR) is 78.3 cm³/mol. The summed E-state index contributed by atoms with van der Waals surface area (Å²) in [6.07, 6.45) is 0. The lowest BCUT2D eigenvalue weighted by Crippen LogP contribution is -2.12. The van der Waals surface area contributed by atoms with Crippen LogP contribution in [0, 0.1) is 13.8 Å². The topological polar surface area (TPSA) is 55.1 Å². The number of carboxylic acid groups (broad SMARTS) is 1. The zero-order valence-corrected chi connectivity index (χ0v) is 12.3. The minimum absolute atomic E-state index is 0.274. The second-order valence-electron chi connectivity index (χ2n) is 5.38. The van der Waals surface area contributed by atoms with Crippen LogP contribution in [0.3, 0.4) is 0 Å². The van der Waals surface area contributed by atoms with Gasteiger partial charge in [0.1, 0.15) is 5.82 Å². The van der Waals surface area contributed by atoms with Crippen LogP contribution in [0.25, 0.3) is 0 Å². The first-order chi connectivity index (χ1) is 9.40. The van der Waals surface area contributed by atoms with Gasteiger partial charge < -0.3 is 9.67 Å². The fourth-order valence-electron chi connectivity index (χ4n) is 2.37. The van der Waals surface area contributed by atoms with Gasteiger partial charge in [-0.3, -0.25) is 0 Å². The van der Waals surface area contributed by atoms with Gasteiger partial charge in [0, 0.05) is 6.54 Å². The van der Waals surface area contributed by atoms with Crippen LogP contribution in [0.1, 0.15) is 52.9 Å². The minimum atomic E-state index is -0.929. The molecule has 0 aliphatic rings. The van der Waals surface area contributed by atoms with E-state index in [-0.39, 0.29) is 5.69 Å². The average molecular weight is 272 g/mol. The molecule has 4 nitrogen and oxygen atoms in total. The normalized spacial score (nSPS) is 11.1. The highest BCUT2D eigenvalue weighted by molar-refractivity contribution is 5.87. The van der Waals surface area contributed by atoms with Crippen LogP contribution in [0.15, 0.2) is 24.3 Å². The van der Waals surface area contributed by atoms with Crippen molar-refractivity contribution in [2.75, 3.05) is 0 Å². The van der Waals surface area contributed by atoms with Crippen LogP contribution in [-0.4, -0.2) is 20.6 Å². The molecule has 0 aliphatic carbocycles. The summed E-state index contributed by atoms with van der Waals surface area (Å²) in [5, 5.41) is 9.29.